The lowest BCUT2D eigenvalue weighted by Crippen LogP contribution is -2.50. The standard InChI is InChI=1S/C23H32N2O.2ClH/c26-22-12-11-20-7-4-6-19(23(20)18-22)8-5-13-24-14-16-25(17-15-24)21-9-2-1-3-10-21;;/h4,6-7,11-12,18,21,26H,1-3,5,8-10,13-17H2;2*1H. The van der Waals surface area contributed by atoms with Crippen molar-refractivity contribution in [3.63, 3.8) is 0 Å². The van der Waals surface area contributed by atoms with Crippen molar-refractivity contribution in [2.24, 2.45) is 0 Å². The van der Waals surface area contributed by atoms with Crippen LogP contribution in [0.25, 0.3) is 10.8 Å². The van der Waals surface area contributed by atoms with Crippen molar-refractivity contribution in [2.75, 3.05) is 32.7 Å². The van der Waals surface area contributed by atoms with Gasteiger partial charge in [-0.3, -0.25) is 4.90 Å². The molecule has 1 saturated carbocycles. The lowest BCUT2D eigenvalue weighted by molar-refractivity contribution is 0.0785. The maximum atomic E-state index is 9.80. The van der Waals surface area contributed by atoms with E-state index < -0.39 is 0 Å². The molecule has 3 nitrogen and oxygen atoms in total. The van der Waals surface area contributed by atoms with Crippen LogP contribution in [0.5, 0.6) is 5.75 Å². The topological polar surface area (TPSA) is 26.7 Å². The molecule has 0 atom stereocenters. The molecule has 2 aromatic carbocycles. The van der Waals surface area contributed by atoms with Crippen molar-refractivity contribution in [3.8, 4) is 5.75 Å². The van der Waals surface area contributed by atoms with Gasteiger partial charge >= 0.3 is 0 Å². The molecule has 1 saturated heterocycles. The molecule has 28 heavy (non-hydrogen) atoms. The second-order valence-corrected chi connectivity index (χ2v) is 8.10. The van der Waals surface area contributed by atoms with Crippen molar-refractivity contribution in [1.82, 2.24) is 9.80 Å². The molecule has 2 aliphatic rings. The molecule has 2 aromatic rings. The molecular formula is C23H34Cl2N2O. The zero-order valence-electron chi connectivity index (χ0n) is 16.7. The first-order chi connectivity index (χ1) is 12.8. The third-order valence-corrected chi connectivity index (χ3v) is 6.37. The number of halogens is 2. The summed E-state index contributed by atoms with van der Waals surface area (Å²) in [4.78, 5) is 5.39. The van der Waals surface area contributed by atoms with Crippen LogP contribution in [-0.2, 0) is 6.42 Å². The zero-order valence-corrected chi connectivity index (χ0v) is 18.3. The summed E-state index contributed by atoms with van der Waals surface area (Å²) >= 11 is 0. The summed E-state index contributed by atoms with van der Waals surface area (Å²) in [5.74, 6) is 0.365. The van der Waals surface area contributed by atoms with E-state index in [2.05, 4.69) is 28.0 Å². The first-order valence-electron chi connectivity index (χ1n) is 10.5. The molecule has 1 N–H and O–H groups in total. The van der Waals surface area contributed by atoms with Crippen LogP contribution in [0.4, 0.5) is 0 Å². The van der Waals surface area contributed by atoms with E-state index in [9.17, 15) is 5.11 Å². The first-order valence-corrected chi connectivity index (χ1v) is 10.5. The van der Waals surface area contributed by atoms with Crippen molar-refractivity contribution in [1.29, 1.82) is 0 Å². The SMILES string of the molecule is Cl.Cl.Oc1ccc2cccc(CCCN3CCN(C4CCCCC4)CC3)c2c1. The molecule has 0 radical (unpaired) electrons. The van der Waals surface area contributed by atoms with E-state index in [1.165, 1.54) is 87.6 Å². The molecule has 0 aromatic heterocycles. The van der Waals surface area contributed by atoms with Crippen LogP contribution in [-0.4, -0.2) is 53.7 Å². The molecule has 2 fully saturated rings. The number of nitrogens with zero attached hydrogens (tertiary/aromatic N) is 2. The fourth-order valence-electron chi connectivity index (χ4n) is 4.83. The van der Waals surface area contributed by atoms with E-state index in [0.29, 0.717) is 5.75 Å². The minimum Gasteiger partial charge on any atom is -0.508 e. The van der Waals surface area contributed by atoms with Gasteiger partial charge in [0.15, 0.2) is 0 Å². The van der Waals surface area contributed by atoms with Gasteiger partial charge < -0.3 is 10.0 Å². The highest BCUT2D eigenvalue weighted by atomic mass is 35.5. The summed E-state index contributed by atoms with van der Waals surface area (Å²) < 4.78 is 0. The Kier molecular flexibility index (Phi) is 9.36. The third-order valence-electron chi connectivity index (χ3n) is 6.37. The van der Waals surface area contributed by atoms with E-state index in [1.54, 1.807) is 6.07 Å². The molecule has 0 spiro atoms. The molecule has 156 valence electrons. The average molecular weight is 425 g/mol. The molecule has 1 aliphatic carbocycles. The fraction of sp³-hybridized carbons (Fsp3) is 0.565. The Morgan fingerprint density at radius 1 is 0.893 bits per heavy atom. The van der Waals surface area contributed by atoms with Crippen molar-refractivity contribution < 1.29 is 5.11 Å². The molecule has 1 heterocycles. The van der Waals surface area contributed by atoms with Crippen LogP contribution in [0.2, 0.25) is 0 Å². The number of phenolic OH excluding ortho intramolecular Hbond substituents is 1. The smallest absolute Gasteiger partial charge is 0.116 e. The number of aromatic hydroxyl groups is 1. The molecule has 0 bridgehead atoms. The minimum atomic E-state index is 0. The number of aryl methyl sites for hydroxylation is 1. The quantitative estimate of drug-likeness (QED) is 0.707. The molecule has 5 heteroatoms. The molecule has 1 aliphatic heterocycles. The summed E-state index contributed by atoms with van der Waals surface area (Å²) in [6.45, 7) is 6.16. The lowest BCUT2D eigenvalue weighted by Gasteiger charge is -2.40. The number of hydrogen-bond acceptors (Lipinski definition) is 3. The Morgan fingerprint density at radius 3 is 2.39 bits per heavy atom. The summed E-state index contributed by atoms with van der Waals surface area (Å²) in [7, 11) is 0. The Bertz CT molecular complexity index is 726. The fourth-order valence-corrected chi connectivity index (χ4v) is 4.83. The van der Waals surface area contributed by atoms with Crippen LogP contribution in [0.1, 0.15) is 44.1 Å². The average Bonchev–Trinajstić information content (AvgIpc) is 2.69. The maximum Gasteiger partial charge on any atom is 0.116 e. The molecule has 0 unspecified atom stereocenters. The second kappa shape index (κ2) is 11.3. The minimum absolute atomic E-state index is 0. The van der Waals surface area contributed by atoms with Crippen LogP contribution in [0.3, 0.4) is 0 Å². The number of fused-ring (bicyclic) bond motifs is 1. The van der Waals surface area contributed by atoms with Crippen LogP contribution in [0.15, 0.2) is 36.4 Å². The summed E-state index contributed by atoms with van der Waals surface area (Å²) in [6, 6.07) is 13.0. The Labute approximate surface area is 181 Å². The van der Waals surface area contributed by atoms with Gasteiger partial charge in [0, 0.05) is 32.2 Å². The third kappa shape index (κ3) is 5.76. The van der Waals surface area contributed by atoms with Gasteiger partial charge in [-0.25, -0.2) is 0 Å². The van der Waals surface area contributed by atoms with Gasteiger partial charge in [0.2, 0.25) is 0 Å². The van der Waals surface area contributed by atoms with Crippen molar-refractivity contribution >= 4 is 35.6 Å². The summed E-state index contributed by atoms with van der Waals surface area (Å²) in [5, 5.41) is 12.2. The number of piperazine rings is 1. The van der Waals surface area contributed by atoms with E-state index in [1.807, 2.05) is 12.1 Å². The molecule has 4 rings (SSSR count). The second-order valence-electron chi connectivity index (χ2n) is 8.10. The largest absolute Gasteiger partial charge is 0.508 e. The van der Waals surface area contributed by atoms with Gasteiger partial charge in [0.25, 0.3) is 0 Å². The molecule has 0 amide bonds. The van der Waals surface area contributed by atoms with E-state index in [4.69, 9.17) is 0 Å². The van der Waals surface area contributed by atoms with Crippen LogP contribution < -0.4 is 0 Å². The zero-order chi connectivity index (χ0) is 17.8. The Morgan fingerprint density at radius 2 is 1.64 bits per heavy atom. The first kappa shape index (κ1) is 23.3. The number of benzene rings is 2. The van der Waals surface area contributed by atoms with E-state index in [-0.39, 0.29) is 24.8 Å². The highest BCUT2D eigenvalue weighted by molar-refractivity contribution is 5.87. The van der Waals surface area contributed by atoms with Crippen LogP contribution >= 0.6 is 24.8 Å². The number of rotatable bonds is 5. The maximum absolute atomic E-state index is 9.80. The number of hydrogen-bond donors (Lipinski definition) is 1. The monoisotopic (exact) mass is 424 g/mol. The van der Waals surface area contributed by atoms with Gasteiger partial charge in [0.1, 0.15) is 5.75 Å². The van der Waals surface area contributed by atoms with Gasteiger partial charge in [-0.1, -0.05) is 43.5 Å². The van der Waals surface area contributed by atoms with Crippen LogP contribution in [0, 0.1) is 0 Å². The predicted octanol–water partition coefficient (Wildman–Crippen LogP) is 5.27. The van der Waals surface area contributed by atoms with E-state index >= 15 is 0 Å². The summed E-state index contributed by atoms with van der Waals surface area (Å²) in [5.41, 5.74) is 1.36. The highest BCUT2D eigenvalue weighted by Gasteiger charge is 2.24. The van der Waals surface area contributed by atoms with Crippen molar-refractivity contribution in [2.45, 2.75) is 51.0 Å². The predicted molar refractivity (Wildman–Crippen MR) is 123 cm³/mol. The van der Waals surface area contributed by atoms with Crippen molar-refractivity contribution in [3.05, 3.63) is 42.0 Å². The lowest BCUT2D eigenvalue weighted by atomic mass is 9.94. The summed E-state index contributed by atoms with van der Waals surface area (Å²) in [6.07, 6.45) is 9.45. The Balaban J connectivity index is 0.00000140. The van der Waals surface area contributed by atoms with Gasteiger partial charge in [-0.2, -0.15) is 0 Å². The van der Waals surface area contributed by atoms with Gasteiger partial charge in [-0.15, -0.1) is 24.8 Å². The highest BCUT2D eigenvalue weighted by Crippen LogP contribution is 2.25. The van der Waals surface area contributed by atoms with E-state index in [0.717, 1.165) is 12.5 Å². The van der Waals surface area contributed by atoms with Gasteiger partial charge in [-0.05, 0) is 60.7 Å². The number of phenols is 1. The Hall–Kier alpha value is -1.00. The molecular weight excluding hydrogens is 391 g/mol. The van der Waals surface area contributed by atoms with Gasteiger partial charge in [0.05, 0.1) is 0 Å². The normalized spacial score (nSPS) is 19.1.